The molecule has 0 fully saturated rings. The van der Waals surface area contributed by atoms with E-state index in [1.54, 1.807) is 0 Å². The number of rotatable bonds is 4. The lowest BCUT2D eigenvalue weighted by atomic mass is 10.1. The van der Waals surface area contributed by atoms with Gasteiger partial charge in [-0.2, -0.15) is 0 Å². The molecule has 22 heavy (non-hydrogen) atoms. The van der Waals surface area contributed by atoms with E-state index in [4.69, 9.17) is 14.9 Å². The summed E-state index contributed by atoms with van der Waals surface area (Å²) in [6.07, 6.45) is -0.560. The largest absolute Gasteiger partial charge is 0.394 e. The van der Waals surface area contributed by atoms with Gasteiger partial charge in [-0.1, -0.05) is 60.7 Å². The highest BCUT2D eigenvalue weighted by atomic mass is 16.5. The van der Waals surface area contributed by atoms with Gasteiger partial charge in [-0.3, -0.25) is 0 Å². The predicted molar refractivity (Wildman–Crippen MR) is 92.8 cm³/mol. The minimum Gasteiger partial charge on any atom is -0.394 e. The van der Waals surface area contributed by atoms with Crippen LogP contribution in [0, 0.1) is 0 Å². The third kappa shape index (κ3) is 11.0. The fraction of sp³-hybridized carbons (Fsp3) is 0.368. The van der Waals surface area contributed by atoms with Crippen molar-refractivity contribution in [1.82, 2.24) is 0 Å². The van der Waals surface area contributed by atoms with E-state index in [0.29, 0.717) is 0 Å². The molecule has 0 aliphatic carbocycles. The van der Waals surface area contributed by atoms with Gasteiger partial charge in [-0.05, 0) is 31.9 Å². The summed E-state index contributed by atoms with van der Waals surface area (Å²) in [5.41, 5.74) is 2.55. The van der Waals surface area contributed by atoms with Crippen LogP contribution in [0.5, 0.6) is 0 Å². The molecule has 0 bridgehead atoms. The molecular formula is C19H28O3. The molecule has 2 rings (SSSR count). The summed E-state index contributed by atoms with van der Waals surface area (Å²) in [4.78, 5) is 0. The first-order chi connectivity index (χ1) is 10.7. The molecule has 0 amide bonds. The lowest BCUT2D eigenvalue weighted by molar-refractivity contribution is 0.110. The Morgan fingerprint density at radius 3 is 1.32 bits per heavy atom. The van der Waals surface area contributed by atoms with Crippen molar-refractivity contribution in [2.75, 3.05) is 19.8 Å². The van der Waals surface area contributed by atoms with Crippen molar-refractivity contribution in [1.29, 1.82) is 0 Å². The van der Waals surface area contributed by atoms with E-state index < -0.39 is 6.10 Å². The second-order valence-corrected chi connectivity index (χ2v) is 4.55. The molecule has 1 unspecified atom stereocenters. The molecule has 2 N–H and O–H groups in total. The van der Waals surface area contributed by atoms with E-state index in [1.807, 2.05) is 26.0 Å². The van der Waals surface area contributed by atoms with E-state index in [-0.39, 0.29) is 6.61 Å². The molecule has 0 heterocycles. The SMILES string of the molecule is CC(O)CO.CCOCC.c1ccc(-c2ccccc2)cc1. The van der Waals surface area contributed by atoms with Crippen LogP contribution >= 0.6 is 0 Å². The first-order valence-electron chi connectivity index (χ1n) is 7.62. The van der Waals surface area contributed by atoms with Crippen LogP contribution in [-0.4, -0.2) is 36.1 Å². The first-order valence-corrected chi connectivity index (χ1v) is 7.62. The van der Waals surface area contributed by atoms with Crippen LogP contribution in [-0.2, 0) is 4.74 Å². The van der Waals surface area contributed by atoms with Crippen molar-refractivity contribution in [2.45, 2.75) is 26.9 Å². The lowest BCUT2D eigenvalue weighted by Crippen LogP contribution is -2.03. The summed E-state index contributed by atoms with van der Waals surface area (Å²) in [6, 6.07) is 20.8. The zero-order valence-electron chi connectivity index (χ0n) is 13.8. The van der Waals surface area contributed by atoms with E-state index >= 15 is 0 Å². The van der Waals surface area contributed by atoms with Gasteiger partial charge in [0.1, 0.15) is 0 Å². The second-order valence-electron chi connectivity index (χ2n) is 4.55. The van der Waals surface area contributed by atoms with Crippen LogP contribution in [0.15, 0.2) is 60.7 Å². The van der Waals surface area contributed by atoms with Crippen molar-refractivity contribution >= 4 is 0 Å². The highest BCUT2D eigenvalue weighted by Gasteiger charge is 1.91. The Hall–Kier alpha value is -1.68. The molecule has 0 aromatic heterocycles. The fourth-order valence-corrected chi connectivity index (χ4v) is 1.47. The van der Waals surface area contributed by atoms with Gasteiger partial charge in [0.05, 0.1) is 12.7 Å². The minimum absolute atomic E-state index is 0.139. The van der Waals surface area contributed by atoms with Crippen LogP contribution in [0.1, 0.15) is 20.8 Å². The standard InChI is InChI=1S/C12H10.C4H10O.C3H8O2/c1-3-7-11(8-4-1)12-9-5-2-6-10-12;1-3-5-4-2;1-3(5)2-4/h1-10H;3-4H2,1-2H3;3-5H,2H2,1H3. The van der Waals surface area contributed by atoms with Crippen LogP contribution in [0.3, 0.4) is 0 Å². The average molecular weight is 304 g/mol. The molecule has 122 valence electrons. The Kier molecular flexibility index (Phi) is 13.2. The summed E-state index contributed by atoms with van der Waals surface area (Å²) >= 11 is 0. The molecule has 0 aliphatic heterocycles. The third-order valence-corrected chi connectivity index (χ3v) is 2.55. The van der Waals surface area contributed by atoms with Gasteiger partial charge in [-0.25, -0.2) is 0 Å². The summed E-state index contributed by atoms with van der Waals surface area (Å²) < 4.78 is 4.83. The highest BCUT2D eigenvalue weighted by molar-refractivity contribution is 5.62. The molecular weight excluding hydrogens is 276 g/mol. The molecule has 3 nitrogen and oxygen atoms in total. The molecule has 0 saturated heterocycles. The number of hydrogen-bond acceptors (Lipinski definition) is 3. The Morgan fingerprint density at radius 1 is 0.818 bits per heavy atom. The molecule has 0 spiro atoms. The number of aliphatic hydroxyl groups is 2. The number of benzene rings is 2. The lowest BCUT2D eigenvalue weighted by Gasteiger charge is -1.98. The van der Waals surface area contributed by atoms with Crippen molar-refractivity contribution < 1.29 is 14.9 Å². The summed E-state index contributed by atoms with van der Waals surface area (Å²) in [6.45, 7) is 7.06. The maximum Gasteiger partial charge on any atom is 0.0742 e. The Labute approximate surface area is 134 Å². The van der Waals surface area contributed by atoms with Gasteiger partial charge in [0.2, 0.25) is 0 Å². The summed E-state index contributed by atoms with van der Waals surface area (Å²) in [5, 5.41) is 16.0. The molecule has 0 aliphatic rings. The fourth-order valence-electron chi connectivity index (χ4n) is 1.47. The van der Waals surface area contributed by atoms with Crippen molar-refractivity contribution in [2.24, 2.45) is 0 Å². The zero-order valence-corrected chi connectivity index (χ0v) is 13.8. The van der Waals surface area contributed by atoms with Crippen molar-refractivity contribution in [3.63, 3.8) is 0 Å². The molecule has 2 aromatic carbocycles. The number of ether oxygens (including phenoxy) is 1. The average Bonchev–Trinajstić information content (AvgIpc) is 2.58. The van der Waals surface area contributed by atoms with Gasteiger partial charge in [-0.15, -0.1) is 0 Å². The topological polar surface area (TPSA) is 49.7 Å². The molecule has 1 atom stereocenters. The normalized spacial score (nSPS) is 10.6. The van der Waals surface area contributed by atoms with E-state index in [0.717, 1.165) is 13.2 Å². The second kappa shape index (κ2) is 14.3. The van der Waals surface area contributed by atoms with Crippen molar-refractivity contribution in [3.8, 4) is 11.1 Å². The van der Waals surface area contributed by atoms with Gasteiger partial charge in [0, 0.05) is 13.2 Å². The van der Waals surface area contributed by atoms with E-state index in [1.165, 1.54) is 18.1 Å². The Balaban J connectivity index is 0.000000372. The van der Waals surface area contributed by atoms with Crippen LogP contribution in [0.4, 0.5) is 0 Å². The van der Waals surface area contributed by atoms with Crippen LogP contribution in [0.2, 0.25) is 0 Å². The number of hydrogen-bond donors (Lipinski definition) is 2. The van der Waals surface area contributed by atoms with Gasteiger partial charge in [0.15, 0.2) is 0 Å². The van der Waals surface area contributed by atoms with Crippen LogP contribution in [0.25, 0.3) is 11.1 Å². The molecule has 0 saturated carbocycles. The van der Waals surface area contributed by atoms with Crippen molar-refractivity contribution in [3.05, 3.63) is 60.7 Å². The quantitative estimate of drug-likeness (QED) is 0.904. The monoisotopic (exact) mass is 304 g/mol. The van der Waals surface area contributed by atoms with Gasteiger partial charge >= 0.3 is 0 Å². The molecule has 3 heteroatoms. The Bertz CT molecular complexity index is 401. The van der Waals surface area contributed by atoms with Crippen LogP contribution < -0.4 is 0 Å². The van der Waals surface area contributed by atoms with E-state index in [9.17, 15) is 0 Å². The predicted octanol–water partition coefficient (Wildman–Crippen LogP) is 3.76. The minimum atomic E-state index is -0.560. The molecule has 0 radical (unpaired) electrons. The summed E-state index contributed by atoms with van der Waals surface area (Å²) in [5.74, 6) is 0. The van der Waals surface area contributed by atoms with Gasteiger partial charge in [0.25, 0.3) is 0 Å². The maximum absolute atomic E-state index is 8.11. The van der Waals surface area contributed by atoms with E-state index in [2.05, 4.69) is 48.5 Å². The third-order valence-electron chi connectivity index (χ3n) is 2.55. The maximum atomic E-state index is 8.11. The highest BCUT2D eigenvalue weighted by Crippen LogP contribution is 2.17. The first kappa shape index (κ1) is 20.3. The summed E-state index contributed by atoms with van der Waals surface area (Å²) in [7, 11) is 0. The smallest absolute Gasteiger partial charge is 0.0742 e. The number of aliphatic hydroxyl groups excluding tert-OH is 2. The Morgan fingerprint density at radius 2 is 1.14 bits per heavy atom. The molecule has 2 aromatic rings. The van der Waals surface area contributed by atoms with Gasteiger partial charge < -0.3 is 14.9 Å². The zero-order chi connectivity index (χ0) is 16.6.